The summed E-state index contributed by atoms with van der Waals surface area (Å²) in [6.45, 7) is 6.65. The van der Waals surface area contributed by atoms with E-state index in [-0.39, 0.29) is 12.6 Å². The smallest absolute Gasteiger partial charge is 0.0597 e. The molecule has 0 radical (unpaired) electrons. The molecule has 0 spiro atoms. The maximum absolute atomic E-state index is 9.10. The van der Waals surface area contributed by atoms with Crippen LogP contribution in [0.4, 0.5) is 0 Å². The molecule has 84 valence electrons. The zero-order valence-corrected chi connectivity index (χ0v) is 9.53. The summed E-state index contributed by atoms with van der Waals surface area (Å²) < 4.78 is 0. The van der Waals surface area contributed by atoms with E-state index in [4.69, 9.17) is 5.11 Å². The third-order valence-corrected chi connectivity index (χ3v) is 2.61. The molecular weight excluding hydrogens is 178 g/mol. The molecule has 1 aliphatic rings. The first-order chi connectivity index (χ1) is 6.61. The third-order valence-electron chi connectivity index (χ3n) is 2.61. The van der Waals surface area contributed by atoms with Crippen LogP contribution >= 0.6 is 0 Å². The molecule has 1 rings (SSSR count). The van der Waals surface area contributed by atoms with Gasteiger partial charge in [0, 0.05) is 38.3 Å². The van der Waals surface area contributed by atoms with Crippen molar-refractivity contribution < 1.29 is 5.11 Å². The molecule has 0 aliphatic carbocycles. The van der Waals surface area contributed by atoms with Crippen LogP contribution in [-0.2, 0) is 0 Å². The van der Waals surface area contributed by atoms with Crippen LogP contribution in [0.25, 0.3) is 0 Å². The van der Waals surface area contributed by atoms with Gasteiger partial charge in [0.05, 0.1) is 6.61 Å². The van der Waals surface area contributed by atoms with Crippen molar-refractivity contribution in [2.24, 2.45) is 0 Å². The van der Waals surface area contributed by atoms with Crippen LogP contribution in [0.3, 0.4) is 0 Å². The number of nitrogens with zero attached hydrogens (tertiary/aromatic N) is 2. The van der Waals surface area contributed by atoms with Crippen molar-refractivity contribution in [3.8, 4) is 0 Å². The van der Waals surface area contributed by atoms with Gasteiger partial charge in [-0.1, -0.05) is 0 Å². The Morgan fingerprint density at radius 2 is 2.14 bits per heavy atom. The number of hydrogen-bond acceptors (Lipinski definition) is 4. The Bertz CT molecular complexity index is 163. The van der Waals surface area contributed by atoms with Crippen LogP contribution in [0.15, 0.2) is 0 Å². The molecule has 0 aromatic heterocycles. The summed E-state index contributed by atoms with van der Waals surface area (Å²) in [5.41, 5.74) is 0. The molecule has 0 amide bonds. The molecule has 1 heterocycles. The average molecular weight is 201 g/mol. The number of piperazine rings is 1. The fourth-order valence-corrected chi connectivity index (χ4v) is 1.92. The molecule has 2 atom stereocenters. The predicted octanol–water partition coefficient (Wildman–Crippen LogP) is -0.797. The minimum Gasteiger partial charge on any atom is -0.395 e. The molecule has 1 fully saturated rings. The van der Waals surface area contributed by atoms with E-state index in [0.717, 1.165) is 26.2 Å². The summed E-state index contributed by atoms with van der Waals surface area (Å²) in [5.74, 6) is 0. The van der Waals surface area contributed by atoms with Crippen LogP contribution in [0.5, 0.6) is 0 Å². The highest BCUT2D eigenvalue weighted by Crippen LogP contribution is 2.03. The van der Waals surface area contributed by atoms with Gasteiger partial charge in [0.15, 0.2) is 0 Å². The van der Waals surface area contributed by atoms with Gasteiger partial charge in [0.2, 0.25) is 0 Å². The van der Waals surface area contributed by atoms with E-state index < -0.39 is 0 Å². The van der Waals surface area contributed by atoms with Gasteiger partial charge in [0.1, 0.15) is 0 Å². The molecule has 0 aromatic rings. The van der Waals surface area contributed by atoms with Gasteiger partial charge in [-0.25, -0.2) is 0 Å². The van der Waals surface area contributed by atoms with Gasteiger partial charge in [-0.05, 0) is 21.0 Å². The van der Waals surface area contributed by atoms with Crippen LogP contribution in [0, 0.1) is 0 Å². The van der Waals surface area contributed by atoms with E-state index in [1.165, 1.54) is 0 Å². The van der Waals surface area contributed by atoms with Crippen molar-refractivity contribution in [2.45, 2.75) is 19.0 Å². The Morgan fingerprint density at radius 3 is 2.71 bits per heavy atom. The van der Waals surface area contributed by atoms with Crippen molar-refractivity contribution in [1.29, 1.82) is 0 Å². The second kappa shape index (κ2) is 5.66. The first-order valence-electron chi connectivity index (χ1n) is 5.36. The predicted molar refractivity (Wildman–Crippen MR) is 58.5 cm³/mol. The van der Waals surface area contributed by atoms with Gasteiger partial charge in [-0.3, -0.25) is 4.90 Å². The molecule has 2 N–H and O–H groups in total. The standard InChI is InChI=1S/C10H23N3O/c1-9-6-13(5-4-12(2)3)7-10(8-14)11-9/h9-11,14H,4-8H2,1-3H3. The van der Waals surface area contributed by atoms with Crippen molar-refractivity contribution in [3.05, 3.63) is 0 Å². The number of aliphatic hydroxyl groups excluding tert-OH is 1. The quantitative estimate of drug-likeness (QED) is 0.625. The number of rotatable bonds is 4. The maximum Gasteiger partial charge on any atom is 0.0597 e. The van der Waals surface area contributed by atoms with Crippen LogP contribution in [0.1, 0.15) is 6.92 Å². The SMILES string of the molecule is CC1CN(CCN(C)C)CC(CO)N1. The van der Waals surface area contributed by atoms with E-state index >= 15 is 0 Å². The number of nitrogens with one attached hydrogen (secondary N) is 1. The van der Waals surface area contributed by atoms with E-state index in [9.17, 15) is 0 Å². The van der Waals surface area contributed by atoms with Gasteiger partial charge in [-0.15, -0.1) is 0 Å². The monoisotopic (exact) mass is 201 g/mol. The van der Waals surface area contributed by atoms with E-state index in [1.807, 2.05) is 0 Å². The van der Waals surface area contributed by atoms with Crippen molar-refractivity contribution in [1.82, 2.24) is 15.1 Å². The number of hydrogen-bond donors (Lipinski definition) is 2. The van der Waals surface area contributed by atoms with Gasteiger partial charge in [-0.2, -0.15) is 0 Å². The topological polar surface area (TPSA) is 38.7 Å². The minimum absolute atomic E-state index is 0.239. The third kappa shape index (κ3) is 3.92. The van der Waals surface area contributed by atoms with E-state index in [2.05, 4.69) is 36.1 Å². The summed E-state index contributed by atoms with van der Waals surface area (Å²) in [6, 6.07) is 0.740. The lowest BCUT2D eigenvalue weighted by molar-refractivity contribution is 0.118. The average Bonchev–Trinajstić information content (AvgIpc) is 2.14. The number of likely N-dealkylation sites (N-methyl/N-ethyl adjacent to an activating group) is 1. The molecule has 1 aliphatic heterocycles. The molecule has 1 saturated heterocycles. The molecule has 0 bridgehead atoms. The lowest BCUT2D eigenvalue weighted by Gasteiger charge is -2.37. The van der Waals surface area contributed by atoms with Crippen LogP contribution in [-0.4, -0.2) is 73.9 Å². The summed E-state index contributed by atoms with van der Waals surface area (Å²) in [6.07, 6.45) is 0. The Kier molecular flexibility index (Phi) is 4.81. The van der Waals surface area contributed by atoms with Gasteiger partial charge < -0.3 is 15.3 Å². The highest BCUT2D eigenvalue weighted by Gasteiger charge is 2.22. The largest absolute Gasteiger partial charge is 0.395 e. The highest BCUT2D eigenvalue weighted by atomic mass is 16.3. The summed E-state index contributed by atoms with van der Waals surface area (Å²) in [7, 11) is 4.18. The Morgan fingerprint density at radius 1 is 1.43 bits per heavy atom. The van der Waals surface area contributed by atoms with Gasteiger partial charge in [0.25, 0.3) is 0 Å². The molecule has 2 unspecified atom stereocenters. The Hall–Kier alpha value is -0.160. The lowest BCUT2D eigenvalue weighted by Crippen LogP contribution is -2.57. The fourth-order valence-electron chi connectivity index (χ4n) is 1.92. The fraction of sp³-hybridized carbons (Fsp3) is 1.00. The van der Waals surface area contributed by atoms with E-state index in [1.54, 1.807) is 0 Å². The van der Waals surface area contributed by atoms with Crippen molar-refractivity contribution >= 4 is 0 Å². The summed E-state index contributed by atoms with van der Waals surface area (Å²) >= 11 is 0. The molecular formula is C10H23N3O. The zero-order chi connectivity index (χ0) is 10.6. The minimum atomic E-state index is 0.239. The second-order valence-electron chi connectivity index (χ2n) is 4.51. The molecule has 4 nitrogen and oxygen atoms in total. The second-order valence-corrected chi connectivity index (χ2v) is 4.51. The van der Waals surface area contributed by atoms with Crippen molar-refractivity contribution in [2.75, 3.05) is 46.9 Å². The van der Waals surface area contributed by atoms with Gasteiger partial charge >= 0.3 is 0 Å². The summed E-state index contributed by atoms with van der Waals surface area (Å²) in [5, 5.41) is 12.5. The molecule has 0 aromatic carbocycles. The van der Waals surface area contributed by atoms with Crippen LogP contribution in [0.2, 0.25) is 0 Å². The van der Waals surface area contributed by atoms with Crippen molar-refractivity contribution in [3.63, 3.8) is 0 Å². The molecule has 0 saturated carbocycles. The Balaban J connectivity index is 2.30. The van der Waals surface area contributed by atoms with E-state index in [0.29, 0.717) is 6.04 Å². The summed E-state index contributed by atoms with van der Waals surface area (Å²) in [4.78, 5) is 4.61. The maximum atomic E-state index is 9.10. The molecule has 4 heteroatoms. The number of aliphatic hydroxyl groups is 1. The first-order valence-corrected chi connectivity index (χ1v) is 5.36. The Labute approximate surface area is 86.9 Å². The lowest BCUT2D eigenvalue weighted by atomic mass is 10.1. The zero-order valence-electron chi connectivity index (χ0n) is 9.53. The molecule has 14 heavy (non-hydrogen) atoms. The first kappa shape index (κ1) is 11.9. The van der Waals surface area contributed by atoms with Crippen LogP contribution < -0.4 is 5.32 Å². The normalized spacial score (nSPS) is 29.8. The highest BCUT2D eigenvalue weighted by molar-refractivity contribution is 4.83.